The average molecular weight is 289 g/mol. The van der Waals surface area contributed by atoms with E-state index in [0.29, 0.717) is 4.90 Å². The van der Waals surface area contributed by atoms with Crippen LogP contribution in [0.15, 0.2) is 47.6 Å². The molecule has 0 unspecified atom stereocenters. The third-order valence-electron chi connectivity index (χ3n) is 3.31. The van der Waals surface area contributed by atoms with Crippen molar-refractivity contribution in [2.45, 2.75) is 17.9 Å². The first-order valence-electron chi connectivity index (χ1n) is 6.40. The summed E-state index contributed by atoms with van der Waals surface area (Å²) < 4.78 is 27.1. The van der Waals surface area contributed by atoms with Gasteiger partial charge in [-0.05, 0) is 47.9 Å². The highest BCUT2D eigenvalue weighted by Gasteiger charge is 2.17. The van der Waals surface area contributed by atoms with Crippen molar-refractivity contribution >= 4 is 15.7 Å². The maximum absolute atomic E-state index is 12.3. The van der Waals surface area contributed by atoms with Gasteiger partial charge in [0.1, 0.15) is 0 Å². The van der Waals surface area contributed by atoms with Gasteiger partial charge in [0.05, 0.1) is 4.90 Å². The van der Waals surface area contributed by atoms with E-state index in [-0.39, 0.29) is 6.54 Å². The number of hydrogen-bond acceptors (Lipinski definition) is 4. The molecule has 0 aliphatic carbocycles. The zero-order chi connectivity index (χ0) is 14.0. The van der Waals surface area contributed by atoms with Crippen molar-refractivity contribution in [3.63, 3.8) is 0 Å². The van der Waals surface area contributed by atoms with Gasteiger partial charge in [-0.1, -0.05) is 0 Å². The summed E-state index contributed by atoms with van der Waals surface area (Å²) in [6, 6.07) is 8.77. The molecule has 0 spiro atoms. The number of hydrogen-bond donors (Lipinski definition) is 2. The van der Waals surface area contributed by atoms with E-state index in [0.717, 1.165) is 29.8 Å². The molecule has 2 aromatic rings. The highest BCUT2D eigenvalue weighted by Crippen LogP contribution is 2.25. The van der Waals surface area contributed by atoms with Crippen LogP contribution in [0.25, 0.3) is 0 Å². The van der Waals surface area contributed by atoms with E-state index in [2.05, 4.69) is 15.0 Å². The van der Waals surface area contributed by atoms with Crippen molar-refractivity contribution in [3.05, 3.63) is 53.9 Å². The van der Waals surface area contributed by atoms with Gasteiger partial charge in [0, 0.05) is 31.2 Å². The zero-order valence-corrected chi connectivity index (χ0v) is 11.7. The van der Waals surface area contributed by atoms with E-state index in [1.165, 1.54) is 0 Å². The first-order valence-corrected chi connectivity index (χ1v) is 7.89. The summed E-state index contributed by atoms with van der Waals surface area (Å²) >= 11 is 0. The first kappa shape index (κ1) is 13.1. The summed E-state index contributed by atoms with van der Waals surface area (Å²) in [5.41, 5.74) is 2.96. The van der Waals surface area contributed by atoms with Crippen LogP contribution >= 0.6 is 0 Å². The van der Waals surface area contributed by atoms with Gasteiger partial charge in [0.15, 0.2) is 0 Å². The normalized spacial score (nSPS) is 13.8. The van der Waals surface area contributed by atoms with Crippen LogP contribution < -0.4 is 10.0 Å². The molecule has 6 heteroatoms. The summed E-state index contributed by atoms with van der Waals surface area (Å²) in [6.07, 6.45) is 4.15. The molecule has 1 aliphatic heterocycles. The summed E-state index contributed by atoms with van der Waals surface area (Å²) in [6.45, 7) is 1.13. The minimum absolute atomic E-state index is 0.264. The topological polar surface area (TPSA) is 71.1 Å². The van der Waals surface area contributed by atoms with E-state index in [1.807, 2.05) is 6.07 Å². The molecule has 2 N–H and O–H groups in total. The Morgan fingerprint density at radius 3 is 2.80 bits per heavy atom. The molecule has 20 heavy (non-hydrogen) atoms. The molecule has 0 fully saturated rings. The number of pyridine rings is 1. The Morgan fingerprint density at radius 2 is 2.00 bits per heavy atom. The van der Waals surface area contributed by atoms with Crippen LogP contribution in [-0.2, 0) is 23.0 Å². The molecule has 5 nitrogen and oxygen atoms in total. The summed E-state index contributed by atoms with van der Waals surface area (Å²) in [7, 11) is -3.48. The molecular weight excluding hydrogens is 274 g/mol. The fourth-order valence-electron chi connectivity index (χ4n) is 2.21. The first-order chi connectivity index (χ1) is 9.65. The van der Waals surface area contributed by atoms with Crippen LogP contribution in [0.4, 0.5) is 5.69 Å². The van der Waals surface area contributed by atoms with Gasteiger partial charge in [-0.25, -0.2) is 13.1 Å². The standard InChI is InChI=1S/C14H15N3O2S/c18-20(19,17-10-11-3-6-15-7-4-11)13-1-2-14-12(9-13)5-8-16-14/h1-4,6-7,9,16-17H,5,8,10H2. The number of anilines is 1. The molecule has 3 rings (SSSR count). The monoisotopic (exact) mass is 289 g/mol. The third-order valence-corrected chi connectivity index (χ3v) is 4.71. The number of fused-ring (bicyclic) bond motifs is 1. The molecule has 1 aromatic heterocycles. The van der Waals surface area contributed by atoms with E-state index in [4.69, 9.17) is 0 Å². The second kappa shape index (κ2) is 5.22. The molecule has 1 aromatic carbocycles. The van der Waals surface area contributed by atoms with Crippen LogP contribution in [0.1, 0.15) is 11.1 Å². The predicted octanol–water partition coefficient (Wildman–Crippen LogP) is 1.53. The molecule has 2 heterocycles. The molecule has 0 bridgehead atoms. The zero-order valence-electron chi connectivity index (χ0n) is 10.8. The number of benzene rings is 1. The van der Waals surface area contributed by atoms with Crippen molar-refractivity contribution < 1.29 is 8.42 Å². The smallest absolute Gasteiger partial charge is 0.240 e. The van der Waals surface area contributed by atoms with E-state index >= 15 is 0 Å². The van der Waals surface area contributed by atoms with E-state index < -0.39 is 10.0 Å². The quantitative estimate of drug-likeness (QED) is 0.895. The Morgan fingerprint density at radius 1 is 1.20 bits per heavy atom. The number of sulfonamides is 1. The van der Waals surface area contributed by atoms with Gasteiger partial charge in [0.25, 0.3) is 0 Å². The largest absolute Gasteiger partial charge is 0.384 e. The lowest BCUT2D eigenvalue weighted by Crippen LogP contribution is -2.23. The van der Waals surface area contributed by atoms with Gasteiger partial charge in [0.2, 0.25) is 10.0 Å². The van der Waals surface area contributed by atoms with Gasteiger partial charge >= 0.3 is 0 Å². The summed E-state index contributed by atoms with van der Waals surface area (Å²) in [5.74, 6) is 0. The van der Waals surface area contributed by atoms with Crippen molar-refractivity contribution in [1.82, 2.24) is 9.71 Å². The van der Waals surface area contributed by atoms with Gasteiger partial charge in [-0.2, -0.15) is 0 Å². The Hall–Kier alpha value is -1.92. The lowest BCUT2D eigenvalue weighted by atomic mass is 10.2. The minimum Gasteiger partial charge on any atom is -0.384 e. The Bertz CT molecular complexity index is 714. The molecule has 0 radical (unpaired) electrons. The molecule has 0 atom stereocenters. The van der Waals surface area contributed by atoms with Crippen molar-refractivity contribution in [2.24, 2.45) is 0 Å². The Kier molecular flexibility index (Phi) is 3.42. The number of nitrogens with one attached hydrogen (secondary N) is 2. The maximum atomic E-state index is 12.3. The lowest BCUT2D eigenvalue weighted by Gasteiger charge is -2.08. The van der Waals surface area contributed by atoms with Gasteiger partial charge < -0.3 is 5.32 Å². The van der Waals surface area contributed by atoms with Crippen LogP contribution in [-0.4, -0.2) is 19.9 Å². The molecule has 0 saturated heterocycles. The summed E-state index contributed by atoms with van der Waals surface area (Å²) in [4.78, 5) is 4.22. The molecular formula is C14H15N3O2S. The Labute approximate surface area is 118 Å². The average Bonchev–Trinajstić information content (AvgIpc) is 2.94. The molecule has 0 saturated carbocycles. The number of rotatable bonds is 4. The highest BCUT2D eigenvalue weighted by atomic mass is 32.2. The fourth-order valence-corrected chi connectivity index (χ4v) is 3.28. The van der Waals surface area contributed by atoms with Gasteiger partial charge in [-0.15, -0.1) is 0 Å². The number of nitrogens with zero attached hydrogens (tertiary/aromatic N) is 1. The molecule has 0 amide bonds. The predicted molar refractivity (Wildman–Crippen MR) is 76.9 cm³/mol. The van der Waals surface area contributed by atoms with Crippen LogP contribution in [0.3, 0.4) is 0 Å². The van der Waals surface area contributed by atoms with E-state index in [1.54, 1.807) is 36.7 Å². The highest BCUT2D eigenvalue weighted by molar-refractivity contribution is 7.89. The van der Waals surface area contributed by atoms with Crippen LogP contribution in [0.5, 0.6) is 0 Å². The second-order valence-corrected chi connectivity index (χ2v) is 6.44. The third kappa shape index (κ3) is 2.66. The lowest BCUT2D eigenvalue weighted by molar-refractivity contribution is 0.581. The molecule has 1 aliphatic rings. The van der Waals surface area contributed by atoms with Crippen molar-refractivity contribution in [3.8, 4) is 0 Å². The number of aromatic nitrogens is 1. The summed E-state index contributed by atoms with van der Waals surface area (Å²) in [5, 5.41) is 3.21. The maximum Gasteiger partial charge on any atom is 0.240 e. The molecule has 104 valence electrons. The van der Waals surface area contributed by atoms with Crippen LogP contribution in [0, 0.1) is 0 Å². The van der Waals surface area contributed by atoms with E-state index in [9.17, 15) is 8.42 Å². The minimum atomic E-state index is -3.48. The van der Waals surface area contributed by atoms with Gasteiger partial charge in [-0.3, -0.25) is 4.98 Å². The SMILES string of the molecule is O=S(=O)(NCc1ccncc1)c1ccc2c(c1)CCN2. The fraction of sp³-hybridized carbons (Fsp3) is 0.214. The van der Waals surface area contributed by atoms with Crippen molar-refractivity contribution in [2.75, 3.05) is 11.9 Å². The second-order valence-electron chi connectivity index (χ2n) is 4.68. The van der Waals surface area contributed by atoms with Crippen molar-refractivity contribution in [1.29, 1.82) is 0 Å². The Balaban J connectivity index is 1.78. The van der Waals surface area contributed by atoms with Crippen LogP contribution in [0.2, 0.25) is 0 Å².